The number of hydrogen-bond acceptors (Lipinski definition) is 2. The molecule has 0 fully saturated rings. The van der Waals surface area contributed by atoms with Gasteiger partial charge in [0.15, 0.2) is 0 Å². The molecule has 1 aromatic carbocycles. The number of rotatable bonds is 8. The van der Waals surface area contributed by atoms with Crippen molar-refractivity contribution in [3.8, 4) is 5.75 Å². The molecule has 0 aromatic heterocycles. The molecule has 0 aliphatic rings. The van der Waals surface area contributed by atoms with Gasteiger partial charge < -0.3 is 9.84 Å². The Balaban J connectivity index is 2.35. The van der Waals surface area contributed by atoms with Crippen LogP contribution in [0.15, 0.2) is 18.2 Å². The van der Waals surface area contributed by atoms with Crippen LogP contribution in [0.1, 0.15) is 50.2 Å². The lowest BCUT2D eigenvalue weighted by atomic mass is 10.1. The fourth-order valence-corrected chi connectivity index (χ4v) is 1.92. The second-order valence-electron chi connectivity index (χ2n) is 4.48. The molecule has 0 aliphatic carbocycles. The molecular formula is C15H24O2. The first-order valence-electron chi connectivity index (χ1n) is 6.61. The van der Waals surface area contributed by atoms with Crippen LogP contribution in [0.3, 0.4) is 0 Å². The molecular weight excluding hydrogens is 212 g/mol. The molecule has 1 aromatic rings. The van der Waals surface area contributed by atoms with E-state index in [0.29, 0.717) is 0 Å². The van der Waals surface area contributed by atoms with Crippen molar-refractivity contribution in [1.29, 1.82) is 0 Å². The molecule has 0 heterocycles. The number of hydrogen-bond donors (Lipinski definition) is 1. The first-order valence-corrected chi connectivity index (χ1v) is 6.61. The van der Waals surface area contributed by atoms with E-state index in [9.17, 15) is 5.11 Å². The van der Waals surface area contributed by atoms with E-state index >= 15 is 0 Å². The minimum Gasteiger partial charge on any atom is -0.493 e. The van der Waals surface area contributed by atoms with Crippen LogP contribution in [0.4, 0.5) is 0 Å². The minimum atomic E-state index is 0.0485. The first kappa shape index (κ1) is 14.0. The summed E-state index contributed by atoms with van der Waals surface area (Å²) in [5.74, 6) is 0.866. The fraction of sp³-hybridized carbons (Fsp3) is 0.600. The smallest absolute Gasteiger partial charge is 0.127 e. The minimum absolute atomic E-state index is 0.0485. The molecule has 0 saturated carbocycles. The molecule has 2 heteroatoms. The highest BCUT2D eigenvalue weighted by molar-refractivity contribution is 5.40. The molecule has 1 rings (SSSR count). The molecule has 0 radical (unpaired) electrons. The second kappa shape index (κ2) is 8.13. The van der Waals surface area contributed by atoms with Crippen LogP contribution in [0.25, 0.3) is 0 Å². The second-order valence-corrected chi connectivity index (χ2v) is 4.48. The highest BCUT2D eigenvalue weighted by atomic mass is 16.5. The van der Waals surface area contributed by atoms with E-state index in [1.165, 1.54) is 25.7 Å². The lowest BCUT2D eigenvalue weighted by Gasteiger charge is -2.12. The quantitative estimate of drug-likeness (QED) is 0.695. The zero-order valence-electron chi connectivity index (χ0n) is 11.0. The van der Waals surface area contributed by atoms with E-state index in [0.717, 1.165) is 29.9 Å². The molecule has 0 saturated heterocycles. The summed E-state index contributed by atoms with van der Waals surface area (Å²) in [5, 5.41) is 9.24. The Morgan fingerprint density at radius 2 is 1.88 bits per heavy atom. The summed E-state index contributed by atoms with van der Waals surface area (Å²) in [4.78, 5) is 0. The van der Waals surface area contributed by atoms with Crippen LogP contribution in [-0.4, -0.2) is 11.7 Å². The molecule has 0 bridgehead atoms. The zero-order valence-corrected chi connectivity index (χ0v) is 11.0. The van der Waals surface area contributed by atoms with Crippen molar-refractivity contribution < 1.29 is 9.84 Å². The van der Waals surface area contributed by atoms with Gasteiger partial charge in [-0.3, -0.25) is 0 Å². The summed E-state index contributed by atoms with van der Waals surface area (Å²) in [6.07, 6.45) is 6.20. The van der Waals surface area contributed by atoms with E-state index in [2.05, 4.69) is 6.92 Å². The van der Waals surface area contributed by atoms with Crippen LogP contribution in [0.2, 0.25) is 0 Å². The number of aryl methyl sites for hydroxylation is 1. The maximum atomic E-state index is 9.24. The molecule has 0 unspecified atom stereocenters. The van der Waals surface area contributed by atoms with Crippen LogP contribution < -0.4 is 4.74 Å². The van der Waals surface area contributed by atoms with Crippen molar-refractivity contribution in [3.05, 3.63) is 29.3 Å². The van der Waals surface area contributed by atoms with E-state index in [1.807, 2.05) is 25.1 Å². The fourth-order valence-electron chi connectivity index (χ4n) is 1.92. The van der Waals surface area contributed by atoms with Gasteiger partial charge in [0.2, 0.25) is 0 Å². The first-order chi connectivity index (χ1) is 8.29. The van der Waals surface area contributed by atoms with Crippen molar-refractivity contribution in [2.75, 3.05) is 6.61 Å². The topological polar surface area (TPSA) is 29.5 Å². The van der Waals surface area contributed by atoms with Gasteiger partial charge >= 0.3 is 0 Å². The maximum absolute atomic E-state index is 9.24. The summed E-state index contributed by atoms with van der Waals surface area (Å²) >= 11 is 0. The molecule has 0 aliphatic heterocycles. The predicted octanol–water partition coefficient (Wildman–Crippen LogP) is 3.84. The van der Waals surface area contributed by atoms with E-state index in [-0.39, 0.29) is 6.61 Å². The van der Waals surface area contributed by atoms with Gasteiger partial charge in [-0.1, -0.05) is 50.8 Å². The van der Waals surface area contributed by atoms with Gasteiger partial charge in [0.25, 0.3) is 0 Å². The predicted molar refractivity (Wildman–Crippen MR) is 71.4 cm³/mol. The van der Waals surface area contributed by atoms with Gasteiger partial charge in [-0.25, -0.2) is 0 Å². The third-order valence-corrected chi connectivity index (χ3v) is 2.96. The summed E-state index contributed by atoms with van der Waals surface area (Å²) in [5.41, 5.74) is 1.99. The average molecular weight is 236 g/mol. The van der Waals surface area contributed by atoms with Gasteiger partial charge in [-0.05, 0) is 18.9 Å². The van der Waals surface area contributed by atoms with Crippen molar-refractivity contribution in [2.45, 2.75) is 52.6 Å². The van der Waals surface area contributed by atoms with Crippen molar-refractivity contribution in [2.24, 2.45) is 0 Å². The monoisotopic (exact) mass is 236 g/mol. The molecule has 17 heavy (non-hydrogen) atoms. The maximum Gasteiger partial charge on any atom is 0.127 e. The van der Waals surface area contributed by atoms with Crippen LogP contribution in [-0.2, 0) is 6.61 Å². The molecule has 0 spiro atoms. The van der Waals surface area contributed by atoms with Gasteiger partial charge in [0, 0.05) is 5.56 Å². The summed E-state index contributed by atoms with van der Waals surface area (Å²) in [7, 11) is 0. The third-order valence-electron chi connectivity index (χ3n) is 2.96. The Hall–Kier alpha value is -1.02. The number of aliphatic hydroxyl groups is 1. The summed E-state index contributed by atoms with van der Waals surface area (Å²) in [6.45, 7) is 5.04. The highest BCUT2D eigenvalue weighted by Gasteiger charge is 2.05. The van der Waals surface area contributed by atoms with E-state index in [4.69, 9.17) is 4.74 Å². The van der Waals surface area contributed by atoms with Gasteiger partial charge in [0.05, 0.1) is 13.2 Å². The number of para-hydroxylation sites is 1. The molecule has 1 N–H and O–H groups in total. The molecule has 0 amide bonds. The lowest BCUT2D eigenvalue weighted by molar-refractivity contribution is 0.259. The number of unbranched alkanes of at least 4 members (excludes halogenated alkanes) is 4. The van der Waals surface area contributed by atoms with Gasteiger partial charge in [-0.2, -0.15) is 0 Å². The SMILES string of the molecule is CCCCCCCOc1c(C)cccc1CO. The van der Waals surface area contributed by atoms with Crippen LogP contribution in [0, 0.1) is 6.92 Å². The number of benzene rings is 1. The molecule has 2 nitrogen and oxygen atoms in total. The summed E-state index contributed by atoms with van der Waals surface area (Å²) < 4.78 is 5.78. The summed E-state index contributed by atoms with van der Waals surface area (Å²) in [6, 6.07) is 5.89. The average Bonchev–Trinajstić information content (AvgIpc) is 2.35. The molecule has 96 valence electrons. The van der Waals surface area contributed by atoms with Crippen LogP contribution in [0.5, 0.6) is 5.75 Å². The standard InChI is InChI=1S/C15H24O2/c1-3-4-5-6-7-11-17-15-13(2)9-8-10-14(15)12-16/h8-10,16H,3-7,11-12H2,1-2H3. The van der Waals surface area contributed by atoms with Crippen molar-refractivity contribution in [1.82, 2.24) is 0 Å². The molecule has 0 atom stereocenters. The van der Waals surface area contributed by atoms with Gasteiger partial charge in [0.1, 0.15) is 5.75 Å². The normalized spacial score (nSPS) is 10.5. The highest BCUT2D eigenvalue weighted by Crippen LogP contribution is 2.23. The van der Waals surface area contributed by atoms with E-state index < -0.39 is 0 Å². The van der Waals surface area contributed by atoms with Crippen molar-refractivity contribution >= 4 is 0 Å². The Labute approximate surface area is 105 Å². The Bertz CT molecular complexity index is 321. The Morgan fingerprint density at radius 1 is 1.12 bits per heavy atom. The Morgan fingerprint density at radius 3 is 2.59 bits per heavy atom. The largest absolute Gasteiger partial charge is 0.493 e. The van der Waals surface area contributed by atoms with Gasteiger partial charge in [-0.15, -0.1) is 0 Å². The number of aliphatic hydroxyl groups excluding tert-OH is 1. The lowest BCUT2D eigenvalue weighted by Crippen LogP contribution is -2.02. The van der Waals surface area contributed by atoms with Crippen molar-refractivity contribution in [3.63, 3.8) is 0 Å². The zero-order chi connectivity index (χ0) is 12.5. The van der Waals surface area contributed by atoms with Crippen LogP contribution >= 0.6 is 0 Å². The number of ether oxygens (including phenoxy) is 1. The third kappa shape index (κ3) is 4.78. The Kier molecular flexibility index (Phi) is 6.71. The van der Waals surface area contributed by atoms with E-state index in [1.54, 1.807) is 0 Å².